The first-order valence-corrected chi connectivity index (χ1v) is 7.66. The number of nitrogens with zero attached hydrogens (tertiary/aromatic N) is 2. The van der Waals surface area contributed by atoms with Gasteiger partial charge in [-0.2, -0.15) is 0 Å². The molecule has 0 radical (unpaired) electrons. The summed E-state index contributed by atoms with van der Waals surface area (Å²) in [7, 11) is 3.25. The third-order valence-corrected chi connectivity index (χ3v) is 4.19. The zero-order valence-electron chi connectivity index (χ0n) is 13.5. The summed E-state index contributed by atoms with van der Waals surface area (Å²) in [5.74, 6) is 1.33. The summed E-state index contributed by atoms with van der Waals surface area (Å²) in [5.41, 5.74) is 2.79. The molecule has 0 aliphatic heterocycles. The molecule has 4 aromatic rings. The predicted molar refractivity (Wildman–Crippen MR) is 95.6 cm³/mol. The lowest BCUT2D eigenvalue weighted by Gasteiger charge is -2.12. The van der Waals surface area contributed by atoms with Crippen LogP contribution in [0.3, 0.4) is 0 Å². The van der Waals surface area contributed by atoms with Gasteiger partial charge in [-0.05, 0) is 16.8 Å². The third kappa shape index (κ3) is 2.24. The predicted octanol–water partition coefficient (Wildman–Crippen LogP) is 4.47. The number of fused-ring (bicyclic) bond motifs is 2. The molecule has 0 saturated heterocycles. The van der Waals surface area contributed by atoms with Crippen molar-refractivity contribution in [2.24, 2.45) is 0 Å². The molecule has 0 spiro atoms. The first kappa shape index (κ1) is 14.5. The minimum absolute atomic E-state index is 0.660. The van der Waals surface area contributed by atoms with Crippen LogP contribution in [0, 0.1) is 0 Å². The Labute approximate surface area is 139 Å². The number of ether oxygens (including phenoxy) is 2. The Hall–Kier alpha value is -3.14. The molecule has 1 aromatic heterocycles. The van der Waals surface area contributed by atoms with Gasteiger partial charge in [0.05, 0.1) is 25.4 Å². The van der Waals surface area contributed by atoms with Crippen molar-refractivity contribution in [3.05, 3.63) is 60.9 Å². The average Bonchev–Trinajstić information content (AvgIpc) is 2.66. The van der Waals surface area contributed by atoms with Crippen LogP contribution in [-0.2, 0) is 0 Å². The molecule has 0 saturated carbocycles. The molecular formula is C20H16N2O2. The smallest absolute Gasteiger partial charge is 0.162 e. The van der Waals surface area contributed by atoms with Crippen LogP contribution < -0.4 is 9.47 Å². The molecule has 0 amide bonds. The van der Waals surface area contributed by atoms with E-state index in [9.17, 15) is 0 Å². The maximum Gasteiger partial charge on any atom is 0.162 e. The molecule has 24 heavy (non-hydrogen) atoms. The summed E-state index contributed by atoms with van der Waals surface area (Å²) in [6.07, 6.45) is 1.59. The minimum Gasteiger partial charge on any atom is -0.493 e. The maximum atomic E-state index is 5.44. The Balaban J connectivity index is 2.06. The van der Waals surface area contributed by atoms with Crippen LogP contribution in [0.15, 0.2) is 60.9 Å². The van der Waals surface area contributed by atoms with E-state index in [1.54, 1.807) is 20.5 Å². The number of aromatic nitrogens is 2. The highest BCUT2D eigenvalue weighted by Crippen LogP contribution is 2.37. The van der Waals surface area contributed by atoms with E-state index in [2.05, 4.69) is 34.2 Å². The monoisotopic (exact) mass is 316 g/mol. The molecule has 1 heterocycles. The Morgan fingerprint density at radius 2 is 1.50 bits per heavy atom. The highest BCUT2D eigenvalue weighted by molar-refractivity contribution is 6.03. The van der Waals surface area contributed by atoms with Crippen LogP contribution in [-0.4, -0.2) is 24.2 Å². The summed E-state index contributed by atoms with van der Waals surface area (Å²) in [4.78, 5) is 8.94. The fourth-order valence-electron chi connectivity index (χ4n) is 3.03. The summed E-state index contributed by atoms with van der Waals surface area (Å²) in [6.45, 7) is 0. The zero-order valence-corrected chi connectivity index (χ0v) is 13.5. The van der Waals surface area contributed by atoms with Crippen molar-refractivity contribution < 1.29 is 9.47 Å². The van der Waals surface area contributed by atoms with E-state index in [-0.39, 0.29) is 0 Å². The molecule has 0 N–H and O–H groups in total. The van der Waals surface area contributed by atoms with Crippen molar-refractivity contribution in [1.82, 2.24) is 9.97 Å². The van der Waals surface area contributed by atoms with Crippen molar-refractivity contribution in [2.75, 3.05) is 14.2 Å². The van der Waals surface area contributed by atoms with Gasteiger partial charge in [0.15, 0.2) is 11.5 Å². The Morgan fingerprint density at radius 1 is 0.750 bits per heavy atom. The van der Waals surface area contributed by atoms with E-state index in [1.807, 2.05) is 30.3 Å². The van der Waals surface area contributed by atoms with Crippen molar-refractivity contribution in [1.29, 1.82) is 0 Å². The largest absolute Gasteiger partial charge is 0.493 e. The average molecular weight is 316 g/mol. The topological polar surface area (TPSA) is 44.2 Å². The molecule has 4 rings (SSSR count). The second kappa shape index (κ2) is 5.81. The van der Waals surface area contributed by atoms with Gasteiger partial charge in [-0.15, -0.1) is 0 Å². The van der Waals surface area contributed by atoms with Gasteiger partial charge in [0.1, 0.15) is 6.33 Å². The fraction of sp³-hybridized carbons (Fsp3) is 0.100. The quantitative estimate of drug-likeness (QED) is 0.559. The molecule has 0 unspecified atom stereocenters. The molecule has 3 aromatic carbocycles. The molecule has 0 aliphatic rings. The molecule has 4 heteroatoms. The normalized spacial score (nSPS) is 10.9. The van der Waals surface area contributed by atoms with Crippen LogP contribution in [0.1, 0.15) is 0 Å². The molecule has 0 fully saturated rings. The van der Waals surface area contributed by atoms with E-state index in [0.717, 1.165) is 27.5 Å². The second-order valence-electron chi connectivity index (χ2n) is 5.47. The number of rotatable bonds is 3. The summed E-state index contributed by atoms with van der Waals surface area (Å²) in [5, 5.41) is 3.28. The number of hydrogen-bond donors (Lipinski definition) is 0. The lowest BCUT2D eigenvalue weighted by molar-refractivity contribution is 0.356. The van der Waals surface area contributed by atoms with E-state index in [1.165, 1.54) is 5.39 Å². The second-order valence-corrected chi connectivity index (χ2v) is 5.47. The van der Waals surface area contributed by atoms with Gasteiger partial charge in [-0.3, -0.25) is 0 Å². The van der Waals surface area contributed by atoms with Crippen molar-refractivity contribution in [3.63, 3.8) is 0 Å². The first-order valence-electron chi connectivity index (χ1n) is 7.66. The summed E-state index contributed by atoms with van der Waals surface area (Å²) >= 11 is 0. The van der Waals surface area contributed by atoms with Gasteiger partial charge in [-0.1, -0.05) is 42.5 Å². The summed E-state index contributed by atoms with van der Waals surface area (Å²) < 4.78 is 10.8. The number of methoxy groups -OCH3 is 2. The highest BCUT2D eigenvalue weighted by Gasteiger charge is 2.13. The van der Waals surface area contributed by atoms with Gasteiger partial charge >= 0.3 is 0 Å². The molecular weight excluding hydrogens is 300 g/mol. The minimum atomic E-state index is 0.660. The maximum absolute atomic E-state index is 5.44. The SMILES string of the molecule is COc1cc2ncnc(-c3cccc4ccccc34)c2cc1OC. The van der Waals surface area contributed by atoms with E-state index >= 15 is 0 Å². The Bertz CT molecular complexity index is 1040. The molecule has 4 nitrogen and oxygen atoms in total. The van der Waals surface area contributed by atoms with Gasteiger partial charge in [0.25, 0.3) is 0 Å². The fourth-order valence-corrected chi connectivity index (χ4v) is 3.03. The van der Waals surface area contributed by atoms with Crippen molar-refractivity contribution in [2.45, 2.75) is 0 Å². The molecule has 118 valence electrons. The van der Waals surface area contributed by atoms with Crippen molar-refractivity contribution in [3.8, 4) is 22.8 Å². The molecule has 0 bridgehead atoms. The van der Waals surface area contributed by atoms with Gasteiger partial charge in [-0.25, -0.2) is 9.97 Å². The lowest BCUT2D eigenvalue weighted by Crippen LogP contribution is -1.94. The summed E-state index contributed by atoms with van der Waals surface area (Å²) in [6, 6.07) is 18.3. The van der Waals surface area contributed by atoms with Gasteiger partial charge < -0.3 is 9.47 Å². The van der Waals surface area contributed by atoms with Gasteiger partial charge in [0.2, 0.25) is 0 Å². The van der Waals surface area contributed by atoms with Crippen molar-refractivity contribution >= 4 is 21.7 Å². The van der Waals surface area contributed by atoms with E-state index in [0.29, 0.717) is 11.5 Å². The van der Waals surface area contributed by atoms with Crippen LogP contribution in [0.5, 0.6) is 11.5 Å². The van der Waals surface area contributed by atoms with Gasteiger partial charge in [0, 0.05) is 17.0 Å². The van der Waals surface area contributed by atoms with E-state index in [4.69, 9.17) is 9.47 Å². The van der Waals surface area contributed by atoms with Crippen LogP contribution >= 0.6 is 0 Å². The zero-order chi connectivity index (χ0) is 16.5. The Kier molecular flexibility index (Phi) is 3.50. The third-order valence-electron chi connectivity index (χ3n) is 4.19. The van der Waals surface area contributed by atoms with Crippen LogP contribution in [0.2, 0.25) is 0 Å². The number of hydrogen-bond acceptors (Lipinski definition) is 4. The van der Waals surface area contributed by atoms with E-state index < -0.39 is 0 Å². The molecule has 0 atom stereocenters. The highest BCUT2D eigenvalue weighted by atomic mass is 16.5. The van der Waals surface area contributed by atoms with Crippen LogP contribution in [0.25, 0.3) is 32.9 Å². The number of benzene rings is 3. The Morgan fingerprint density at radius 3 is 2.33 bits per heavy atom. The van der Waals surface area contributed by atoms with Crippen LogP contribution in [0.4, 0.5) is 0 Å². The lowest BCUT2D eigenvalue weighted by atomic mass is 9.99. The standard InChI is InChI=1S/C20H16N2O2/c1-23-18-10-16-17(11-19(18)24-2)21-12-22-20(16)15-9-5-7-13-6-3-4-8-14(13)15/h3-12H,1-2H3. The first-order chi connectivity index (χ1) is 11.8. The molecule has 0 aliphatic carbocycles.